The van der Waals surface area contributed by atoms with Gasteiger partial charge in [0.2, 0.25) is 21.9 Å². The number of hydrogen-bond acceptors (Lipinski definition) is 6. The zero-order chi connectivity index (χ0) is 26.1. The highest BCUT2D eigenvalue weighted by molar-refractivity contribution is 7.88. The smallest absolute Gasteiger partial charge is 0.326 e. The fraction of sp³-hybridized carbons (Fsp3) is 0.455. The van der Waals surface area contributed by atoms with Crippen LogP contribution in [0.3, 0.4) is 0 Å². The van der Waals surface area contributed by atoms with E-state index in [1.807, 2.05) is 12.1 Å². The van der Waals surface area contributed by atoms with Gasteiger partial charge in [0.15, 0.2) is 0 Å². The number of piperidine rings is 1. The summed E-state index contributed by atoms with van der Waals surface area (Å²) in [4.78, 5) is 33.9. The van der Waals surface area contributed by atoms with E-state index in [4.69, 9.17) is 0 Å². The SMILES string of the molecule is CS(=O)(=O)NCC1(c2ccc(N3CCC[C@@H](NC(=O)Nc4ncc(C(F)(F)F)cn4)C3=O)cc2)CC1. The van der Waals surface area contributed by atoms with Crippen LogP contribution in [0.2, 0.25) is 0 Å². The van der Waals surface area contributed by atoms with E-state index < -0.39 is 33.8 Å². The number of nitrogens with zero attached hydrogens (tertiary/aromatic N) is 3. The van der Waals surface area contributed by atoms with Crippen molar-refractivity contribution >= 4 is 33.6 Å². The van der Waals surface area contributed by atoms with Crippen molar-refractivity contribution in [2.45, 2.75) is 43.3 Å². The number of nitrogens with one attached hydrogen (secondary N) is 3. The van der Waals surface area contributed by atoms with Crippen molar-refractivity contribution in [1.29, 1.82) is 0 Å². The van der Waals surface area contributed by atoms with Gasteiger partial charge in [-0.2, -0.15) is 13.2 Å². The molecule has 3 amide bonds. The molecule has 4 rings (SSSR count). The van der Waals surface area contributed by atoms with Gasteiger partial charge in [0, 0.05) is 36.6 Å². The number of halogens is 3. The van der Waals surface area contributed by atoms with Crippen LogP contribution >= 0.6 is 0 Å². The molecule has 36 heavy (non-hydrogen) atoms. The molecule has 2 heterocycles. The van der Waals surface area contributed by atoms with Crippen LogP contribution in [-0.2, 0) is 26.4 Å². The van der Waals surface area contributed by atoms with Gasteiger partial charge in [-0.15, -0.1) is 0 Å². The first-order valence-corrected chi connectivity index (χ1v) is 13.1. The number of carbonyl (C=O) groups is 2. The first kappa shape index (κ1) is 25.8. The molecular weight excluding hydrogens is 501 g/mol. The highest BCUT2D eigenvalue weighted by atomic mass is 32.2. The van der Waals surface area contributed by atoms with Gasteiger partial charge in [-0.25, -0.2) is 27.9 Å². The van der Waals surface area contributed by atoms with E-state index in [2.05, 4.69) is 25.3 Å². The molecule has 1 aliphatic heterocycles. The van der Waals surface area contributed by atoms with Gasteiger partial charge in [-0.1, -0.05) is 12.1 Å². The van der Waals surface area contributed by atoms with Crippen LogP contribution in [0.5, 0.6) is 0 Å². The Morgan fingerprint density at radius 3 is 2.36 bits per heavy atom. The molecule has 1 atom stereocenters. The molecule has 194 valence electrons. The fourth-order valence-electron chi connectivity index (χ4n) is 4.08. The first-order valence-electron chi connectivity index (χ1n) is 11.2. The van der Waals surface area contributed by atoms with Crippen LogP contribution in [0.4, 0.5) is 29.6 Å². The fourth-order valence-corrected chi connectivity index (χ4v) is 4.62. The molecule has 1 saturated heterocycles. The van der Waals surface area contributed by atoms with Crippen molar-refractivity contribution in [1.82, 2.24) is 20.0 Å². The van der Waals surface area contributed by atoms with Crippen LogP contribution < -0.4 is 20.3 Å². The maximum Gasteiger partial charge on any atom is 0.419 e. The molecule has 3 N–H and O–H groups in total. The minimum atomic E-state index is -4.59. The lowest BCUT2D eigenvalue weighted by atomic mass is 9.95. The summed E-state index contributed by atoms with van der Waals surface area (Å²) in [5.41, 5.74) is 0.346. The molecule has 2 aliphatic rings. The third-order valence-corrected chi connectivity index (χ3v) is 6.93. The van der Waals surface area contributed by atoms with Gasteiger partial charge in [-0.05, 0) is 43.4 Å². The van der Waals surface area contributed by atoms with E-state index in [0.717, 1.165) is 24.7 Å². The zero-order valence-corrected chi connectivity index (χ0v) is 20.1. The molecule has 1 aromatic heterocycles. The van der Waals surface area contributed by atoms with Crippen molar-refractivity contribution in [3.8, 4) is 0 Å². The molecule has 0 unspecified atom stereocenters. The van der Waals surface area contributed by atoms with Gasteiger partial charge in [0.05, 0.1) is 11.8 Å². The minimum Gasteiger partial charge on any atom is -0.326 e. The minimum absolute atomic E-state index is 0.240. The lowest BCUT2D eigenvalue weighted by molar-refractivity contribution is -0.138. The number of hydrogen-bond donors (Lipinski definition) is 3. The molecule has 0 radical (unpaired) electrons. The van der Waals surface area contributed by atoms with Crippen LogP contribution in [-0.4, -0.2) is 55.7 Å². The Morgan fingerprint density at radius 1 is 1.17 bits per heavy atom. The Hall–Kier alpha value is -3.26. The van der Waals surface area contributed by atoms with Crippen molar-refractivity contribution in [3.05, 3.63) is 47.8 Å². The quantitative estimate of drug-likeness (QED) is 0.508. The van der Waals surface area contributed by atoms with Crippen molar-refractivity contribution in [2.24, 2.45) is 0 Å². The second-order valence-corrected chi connectivity index (χ2v) is 10.8. The Kier molecular flexibility index (Phi) is 6.92. The van der Waals surface area contributed by atoms with Gasteiger partial charge in [0.1, 0.15) is 6.04 Å². The van der Waals surface area contributed by atoms with Gasteiger partial charge in [-0.3, -0.25) is 10.1 Å². The Bertz CT molecular complexity index is 1230. The average molecular weight is 527 g/mol. The van der Waals surface area contributed by atoms with Gasteiger partial charge in [0.25, 0.3) is 0 Å². The summed E-state index contributed by atoms with van der Waals surface area (Å²) in [7, 11) is -3.30. The summed E-state index contributed by atoms with van der Waals surface area (Å²) in [5, 5.41) is 4.77. The molecule has 10 nitrogen and oxygen atoms in total. The van der Waals surface area contributed by atoms with Crippen molar-refractivity contribution < 1.29 is 31.2 Å². The molecule has 14 heteroatoms. The molecule has 2 aromatic rings. The van der Waals surface area contributed by atoms with Crippen LogP contribution in [0.15, 0.2) is 36.7 Å². The van der Waals surface area contributed by atoms with Crippen LogP contribution in [0, 0.1) is 0 Å². The van der Waals surface area contributed by atoms with E-state index >= 15 is 0 Å². The van der Waals surface area contributed by atoms with E-state index in [0.29, 0.717) is 44.0 Å². The monoisotopic (exact) mass is 526 g/mol. The normalized spacial score (nSPS) is 19.6. The van der Waals surface area contributed by atoms with Crippen molar-refractivity contribution in [3.63, 3.8) is 0 Å². The number of urea groups is 1. The molecule has 1 saturated carbocycles. The third-order valence-electron chi connectivity index (χ3n) is 6.27. The molecule has 1 aromatic carbocycles. The predicted octanol–water partition coefficient (Wildman–Crippen LogP) is 2.39. The van der Waals surface area contributed by atoms with E-state index in [-0.39, 0.29) is 17.3 Å². The topological polar surface area (TPSA) is 133 Å². The molecule has 0 spiro atoms. The number of rotatable bonds is 7. The average Bonchev–Trinajstić information content (AvgIpc) is 3.60. The summed E-state index contributed by atoms with van der Waals surface area (Å²) in [6, 6.07) is 5.72. The summed E-state index contributed by atoms with van der Waals surface area (Å²) < 4.78 is 63.3. The zero-order valence-electron chi connectivity index (χ0n) is 19.3. The highest BCUT2D eigenvalue weighted by Gasteiger charge is 2.44. The van der Waals surface area contributed by atoms with Crippen LogP contribution in [0.25, 0.3) is 0 Å². The first-order chi connectivity index (χ1) is 16.9. The molecular formula is C22H25F3N6O4S. The third kappa shape index (κ3) is 6.10. The molecule has 0 bridgehead atoms. The van der Waals surface area contributed by atoms with Crippen molar-refractivity contribution in [2.75, 3.05) is 29.6 Å². The number of alkyl halides is 3. The van der Waals surface area contributed by atoms with E-state index in [1.54, 1.807) is 17.0 Å². The number of sulfonamides is 1. The highest BCUT2D eigenvalue weighted by Crippen LogP contribution is 2.48. The van der Waals surface area contributed by atoms with E-state index in [1.165, 1.54) is 0 Å². The Labute approximate surface area is 205 Å². The second-order valence-electron chi connectivity index (χ2n) is 9.00. The standard InChI is InChI=1S/C22H25F3N6O4S/c1-36(34,35)28-13-21(8-9-21)14-4-6-16(7-5-14)31-10-2-3-17(18(31)32)29-20(33)30-19-26-11-15(12-27-19)22(23,24)25/h4-7,11-12,17,28H,2-3,8-10,13H2,1H3,(H2,26,27,29,30,33)/t17-/m1/s1. The number of carbonyl (C=O) groups excluding carboxylic acids is 2. The summed E-state index contributed by atoms with van der Waals surface area (Å²) in [6.07, 6.45) is 0.388. The maximum absolute atomic E-state index is 13.0. The maximum atomic E-state index is 13.0. The predicted molar refractivity (Wildman–Crippen MR) is 125 cm³/mol. The van der Waals surface area contributed by atoms with E-state index in [9.17, 15) is 31.2 Å². The Balaban J connectivity index is 1.36. The number of amides is 3. The lowest BCUT2D eigenvalue weighted by Crippen LogP contribution is -2.53. The second kappa shape index (κ2) is 9.65. The van der Waals surface area contributed by atoms with Gasteiger partial charge < -0.3 is 10.2 Å². The summed E-state index contributed by atoms with van der Waals surface area (Å²) >= 11 is 0. The Morgan fingerprint density at radius 2 is 1.81 bits per heavy atom. The number of anilines is 2. The largest absolute Gasteiger partial charge is 0.419 e. The number of benzene rings is 1. The summed E-state index contributed by atoms with van der Waals surface area (Å²) in [6.45, 7) is 0.776. The lowest BCUT2D eigenvalue weighted by Gasteiger charge is -2.33. The van der Waals surface area contributed by atoms with Gasteiger partial charge >= 0.3 is 12.2 Å². The molecule has 1 aliphatic carbocycles. The summed E-state index contributed by atoms with van der Waals surface area (Å²) in [5.74, 6) is -0.645. The van der Waals surface area contributed by atoms with Crippen LogP contribution in [0.1, 0.15) is 36.8 Å². The molecule has 2 fully saturated rings. The number of aromatic nitrogens is 2.